The van der Waals surface area contributed by atoms with Gasteiger partial charge in [0.05, 0.1) is 19.7 Å². The highest BCUT2D eigenvalue weighted by molar-refractivity contribution is 9.10. The summed E-state index contributed by atoms with van der Waals surface area (Å²) in [5, 5.41) is 2.08. The van der Waals surface area contributed by atoms with Gasteiger partial charge in [-0.1, -0.05) is 0 Å². The normalized spacial score (nSPS) is 18.2. The quantitative estimate of drug-likeness (QED) is 0.921. The van der Waals surface area contributed by atoms with Crippen molar-refractivity contribution >= 4 is 38.9 Å². The lowest BCUT2D eigenvalue weighted by atomic mass is 10.2. The van der Waals surface area contributed by atoms with Crippen molar-refractivity contribution in [1.29, 1.82) is 0 Å². The highest BCUT2D eigenvalue weighted by Gasteiger charge is 2.29. The number of nitrogens with zero attached hydrogens (tertiary/aromatic N) is 2. The lowest BCUT2D eigenvalue weighted by Gasteiger charge is -2.25. The molecular weight excluding hydrogens is 338 g/mol. The number of hydrogen-bond acceptors (Lipinski definition) is 5. The fourth-order valence-corrected chi connectivity index (χ4v) is 3.80. The van der Waals surface area contributed by atoms with Gasteiger partial charge < -0.3 is 15.4 Å². The largest absolute Gasteiger partial charge is 0.497 e. The lowest BCUT2D eigenvalue weighted by Crippen LogP contribution is -2.35. The number of methoxy groups -OCH3 is 1. The monoisotopic (exact) mass is 351 g/mol. The van der Waals surface area contributed by atoms with Crippen molar-refractivity contribution in [2.45, 2.75) is 6.04 Å². The van der Waals surface area contributed by atoms with E-state index < -0.39 is 0 Å². The maximum atomic E-state index is 6.05. The molecule has 1 aromatic heterocycles. The zero-order valence-electron chi connectivity index (χ0n) is 10.9. The number of anilines is 1. The Bertz CT molecular complexity index is 638. The second kappa shape index (κ2) is 5.46. The molecule has 3 rings (SSSR count). The second-order valence-electron chi connectivity index (χ2n) is 4.45. The highest BCUT2D eigenvalue weighted by Crippen LogP contribution is 2.35. The van der Waals surface area contributed by atoms with E-state index in [-0.39, 0.29) is 6.04 Å². The number of guanidine groups is 1. The van der Waals surface area contributed by atoms with Crippen molar-refractivity contribution in [3.05, 3.63) is 45.1 Å². The molecule has 6 heteroatoms. The Morgan fingerprint density at radius 3 is 2.75 bits per heavy atom. The van der Waals surface area contributed by atoms with Crippen LogP contribution >= 0.6 is 27.3 Å². The second-order valence-corrected chi connectivity index (χ2v) is 6.31. The molecule has 1 aliphatic rings. The van der Waals surface area contributed by atoms with E-state index in [0.29, 0.717) is 12.5 Å². The SMILES string of the molecule is COc1ccc(N2C(N)=NCC2c2cc(Br)cs2)cc1. The number of thiophene rings is 1. The van der Waals surface area contributed by atoms with Gasteiger partial charge in [-0.3, -0.25) is 4.99 Å². The average molecular weight is 352 g/mol. The van der Waals surface area contributed by atoms with Gasteiger partial charge >= 0.3 is 0 Å². The fourth-order valence-electron chi connectivity index (χ4n) is 2.27. The Labute approximate surface area is 130 Å². The predicted octanol–water partition coefficient (Wildman–Crippen LogP) is 3.40. The van der Waals surface area contributed by atoms with Crippen LogP contribution < -0.4 is 15.4 Å². The van der Waals surface area contributed by atoms with Crippen molar-refractivity contribution in [2.24, 2.45) is 10.7 Å². The van der Waals surface area contributed by atoms with Crippen LogP contribution in [0.4, 0.5) is 5.69 Å². The minimum absolute atomic E-state index is 0.166. The third-order valence-corrected chi connectivity index (χ3v) is 5.05. The van der Waals surface area contributed by atoms with Crippen LogP contribution in [0.1, 0.15) is 10.9 Å². The van der Waals surface area contributed by atoms with E-state index in [4.69, 9.17) is 10.5 Å². The molecule has 4 nitrogen and oxygen atoms in total. The first-order chi connectivity index (χ1) is 9.69. The summed E-state index contributed by atoms with van der Waals surface area (Å²) < 4.78 is 6.28. The molecule has 2 N–H and O–H groups in total. The summed E-state index contributed by atoms with van der Waals surface area (Å²) in [4.78, 5) is 7.70. The van der Waals surface area contributed by atoms with E-state index in [1.807, 2.05) is 24.3 Å². The zero-order chi connectivity index (χ0) is 14.1. The van der Waals surface area contributed by atoms with Crippen molar-refractivity contribution < 1.29 is 4.74 Å². The van der Waals surface area contributed by atoms with Crippen LogP contribution in [0.3, 0.4) is 0 Å². The Morgan fingerprint density at radius 1 is 1.40 bits per heavy atom. The average Bonchev–Trinajstić information content (AvgIpc) is 3.05. The van der Waals surface area contributed by atoms with Crippen LogP contribution in [-0.2, 0) is 0 Å². The first-order valence-electron chi connectivity index (χ1n) is 6.16. The van der Waals surface area contributed by atoms with Crippen molar-refractivity contribution in [3.63, 3.8) is 0 Å². The van der Waals surface area contributed by atoms with Gasteiger partial charge in [0, 0.05) is 20.4 Å². The molecule has 0 spiro atoms. The number of halogens is 1. The number of ether oxygens (including phenoxy) is 1. The molecule has 1 aliphatic heterocycles. The van der Waals surface area contributed by atoms with E-state index in [2.05, 4.69) is 37.3 Å². The van der Waals surface area contributed by atoms with Crippen LogP contribution in [0.2, 0.25) is 0 Å². The van der Waals surface area contributed by atoms with Crippen molar-refractivity contribution in [1.82, 2.24) is 0 Å². The molecule has 20 heavy (non-hydrogen) atoms. The maximum Gasteiger partial charge on any atom is 0.196 e. The van der Waals surface area contributed by atoms with Gasteiger partial charge in [0.15, 0.2) is 5.96 Å². The predicted molar refractivity (Wildman–Crippen MR) is 86.7 cm³/mol. The maximum absolute atomic E-state index is 6.05. The Hall–Kier alpha value is -1.53. The summed E-state index contributed by atoms with van der Waals surface area (Å²) in [6.45, 7) is 0.685. The van der Waals surface area contributed by atoms with Gasteiger partial charge in [-0.15, -0.1) is 11.3 Å². The van der Waals surface area contributed by atoms with Crippen LogP contribution in [0.5, 0.6) is 5.75 Å². The standard InChI is InChI=1S/C14H14BrN3OS/c1-19-11-4-2-10(3-5-11)18-12(7-17-14(18)16)13-6-9(15)8-20-13/h2-6,8,12H,7H2,1H3,(H2,16,17). The first kappa shape index (κ1) is 13.5. The third-order valence-electron chi connectivity index (χ3n) is 3.25. The van der Waals surface area contributed by atoms with E-state index in [1.165, 1.54) is 4.88 Å². The summed E-state index contributed by atoms with van der Waals surface area (Å²) in [6.07, 6.45) is 0. The highest BCUT2D eigenvalue weighted by atomic mass is 79.9. The van der Waals surface area contributed by atoms with Gasteiger partial charge in [0.1, 0.15) is 5.75 Å². The molecule has 0 bridgehead atoms. The third kappa shape index (κ3) is 2.41. The zero-order valence-corrected chi connectivity index (χ0v) is 13.3. The van der Waals surface area contributed by atoms with Gasteiger partial charge in [-0.2, -0.15) is 0 Å². The summed E-state index contributed by atoms with van der Waals surface area (Å²) in [6, 6.07) is 10.2. The Kier molecular flexibility index (Phi) is 3.67. The van der Waals surface area contributed by atoms with Crippen molar-refractivity contribution in [3.8, 4) is 5.75 Å². The lowest BCUT2D eigenvalue weighted by molar-refractivity contribution is 0.415. The molecule has 0 saturated carbocycles. The molecule has 0 amide bonds. The number of aliphatic imine (C=N–C) groups is 1. The Balaban J connectivity index is 1.93. The molecule has 104 valence electrons. The van der Waals surface area contributed by atoms with E-state index in [9.17, 15) is 0 Å². The molecule has 2 heterocycles. The topological polar surface area (TPSA) is 50.9 Å². The fraction of sp³-hybridized carbons (Fsp3) is 0.214. The molecule has 2 aromatic rings. The molecule has 0 aliphatic carbocycles. The summed E-state index contributed by atoms with van der Waals surface area (Å²) in [7, 11) is 1.66. The van der Waals surface area contributed by atoms with Crippen LogP contribution in [-0.4, -0.2) is 19.6 Å². The minimum Gasteiger partial charge on any atom is -0.497 e. The molecule has 1 unspecified atom stereocenters. The molecule has 0 radical (unpaired) electrons. The number of rotatable bonds is 3. The minimum atomic E-state index is 0.166. The van der Waals surface area contributed by atoms with Gasteiger partial charge in [0.25, 0.3) is 0 Å². The molecular formula is C14H14BrN3OS. The smallest absolute Gasteiger partial charge is 0.196 e. The van der Waals surface area contributed by atoms with E-state index >= 15 is 0 Å². The summed E-state index contributed by atoms with van der Waals surface area (Å²) in [5.74, 6) is 1.39. The Morgan fingerprint density at radius 2 is 2.15 bits per heavy atom. The molecule has 1 aromatic carbocycles. The summed E-state index contributed by atoms with van der Waals surface area (Å²) in [5.41, 5.74) is 7.08. The van der Waals surface area contributed by atoms with Crippen LogP contribution in [0.25, 0.3) is 0 Å². The van der Waals surface area contributed by atoms with E-state index in [1.54, 1.807) is 18.4 Å². The number of benzene rings is 1. The van der Waals surface area contributed by atoms with Crippen LogP contribution in [0.15, 0.2) is 45.2 Å². The first-order valence-corrected chi connectivity index (χ1v) is 7.83. The molecule has 0 saturated heterocycles. The van der Waals surface area contributed by atoms with Gasteiger partial charge in [-0.25, -0.2) is 0 Å². The number of hydrogen-bond donors (Lipinski definition) is 1. The summed E-state index contributed by atoms with van der Waals surface area (Å²) >= 11 is 5.21. The van der Waals surface area contributed by atoms with E-state index in [0.717, 1.165) is 15.9 Å². The van der Waals surface area contributed by atoms with Gasteiger partial charge in [0.2, 0.25) is 0 Å². The molecule has 1 atom stereocenters. The number of nitrogens with two attached hydrogens (primary N) is 1. The van der Waals surface area contributed by atoms with Crippen molar-refractivity contribution in [2.75, 3.05) is 18.6 Å². The van der Waals surface area contributed by atoms with Crippen LogP contribution in [0, 0.1) is 0 Å². The van der Waals surface area contributed by atoms with Gasteiger partial charge in [-0.05, 0) is 46.3 Å². The molecule has 0 fully saturated rings.